The average Bonchev–Trinajstić information content (AvgIpc) is 2.67. The summed E-state index contributed by atoms with van der Waals surface area (Å²) in [4.78, 5) is 4.63. The predicted octanol–water partition coefficient (Wildman–Crippen LogP) is 3.41. The number of aliphatic imine (C=N–C) groups is 1. The summed E-state index contributed by atoms with van der Waals surface area (Å²) in [6, 6.07) is 12.9. The molecule has 0 unspecified atom stereocenters. The Morgan fingerprint density at radius 1 is 1.11 bits per heavy atom. The molecule has 3 rings (SSSR count). The fourth-order valence-corrected chi connectivity index (χ4v) is 4.34. The van der Waals surface area contributed by atoms with Crippen LogP contribution in [0, 0.1) is 0 Å². The van der Waals surface area contributed by atoms with Crippen molar-refractivity contribution >= 4 is 45.6 Å². The third-order valence-electron chi connectivity index (χ3n) is 4.66. The molecule has 0 saturated heterocycles. The maximum Gasteiger partial charge on any atom is 0.240 e. The summed E-state index contributed by atoms with van der Waals surface area (Å²) < 4.78 is 26.4. The molecule has 1 aliphatic carbocycles. The summed E-state index contributed by atoms with van der Waals surface area (Å²) in [5.74, 6) is 0.360. The molecule has 152 valence electrons. The maximum atomic E-state index is 12.0. The zero-order valence-corrected chi connectivity index (χ0v) is 19.1. The van der Waals surface area contributed by atoms with Crippen LogP contribution in [-0.4, -0.2) is 20.9 Å². The number of rotatable bonds is 6. The van der Waals surface area contributed by atoms with Crippen LogP contribution in [0.1, 0.15) is 36.5 Å². The summed E-state index contributed by atoms with van der Waals surface area (Å²) in [6.45, 7) is 2.50. The number of fused-ring (bicyclic) bond motifs is 1. The van der Waals surface area contributed by atoms with Crippen LogP contribution < -0.4 is 15.8 Å². The highest BCUT2D eigenvalue weighted by atomic mass is 127. The molecule has 0 aliphatic heterocycles. The van der Waals surface area contributed by atoms with Crippen molar-refractivity contribution in [3.05, 3.63) is 59.2 Å². The number of benzene rings is 2. The van der Waals surface area contributed by atoms with Gasteiger partial charge >= 0.3 is 0 Å². The van der Waals surface area contributed by atoms with Crippen LogP contribution in [0.15, 0.2) is 52.4 Å². The molecule has 0 fully saturated rings. The molecule has 28 heavy (non-hydrogen) atoms. The standard InChI is InChI=1S/C20H26N4O2S.HI/c1-2-23-27(25,26)17-12-10-15(11-13-17)14-22-20(21)24-19-9-5-7-16-6-3-4-8-18(16)19;/h5,7,9-13,23H,2-4,6,8,14H2,1H3,(H3,21,22,24);1H. The molecular weight excluding hydrogens is 487 g/mol. The highest BCUT2D eigenvalue weighted by molar-refractivity contribution is 14.0. The highest BCUT2D eigenvalue weighted by Gasteiger charge is 2.13. The minimum Gasteiger partial charge on any atom is -0.370 e. The Balaban J connectivity index is 0.00000280. The van der Waals surface area contributed by atoms with Gasteiger partial charge in [-0.15, -0.1) is 24.0 Å². The molecule has 4 N–H and O–H groups in total. The molecule has 1 aliphatic rings. The first-order valence-corrected chi connectivity index (χ1v) is 10.7. The van der Waals surface area contributed by atoms with E-state index in [0.29, 0.717) is 19.0 Å². The van der Waals surface area contributed by atoms with Crippen LogP contribution in [0.5, 0.6) is 0 Å². The lowest BCUT2D eigenvalue weighted by Gasteiger charge is -2.19. The van der Waals surface area contributed by atoms with Crippen LogP contribution in [0.4, 0.5) is 5.69 Å². The highest BCUT2D eigenvalue weighted by Crippen LogP contribution is 2.27. The van der Waals surface area contributed by atoms with Crippen LogP contribution in [0.25, 0.3) is 0 Å². The van der Waals surface area contributed by atoms with E-state index in [4.69, 9.17) is 5.73 Å². The summed E-state index contributed by atoms with van der Waals surface area (Å²) >= 11 is 0. The van der Waals surface area contributed by atoms with Crippen molar-refractivity contribution in [2.75, 3.05) is 11.9 Å². The number of nitrogens with two attached hydrogens (primary N) is 1. The number of hydrogen-bond donors (Lipinski definition) is 3. The monoisotopic (exact) mass is 514 g/mol. The topological polar surface area (TPSA) is 96.6 Å². The Morgan fingerprint density at radius 2 is 1.82 bits per heavy atom. The van der Waals surface area contributed by atoms with Crippen LogP contribution >= 0.6 is 24.0 Å². The van der Waals surface area contributed by atoms with Crippen molar-refractivity contribution in [1.29, 1.82) is 0 Å². The van der Waals surface area contributed by atoms with Crippen LogP contribution in [-0.2, 0) is 29.4 Å². The zero-order valence-electron chi connectivity index (χ0n) is 15.9. The first-order valence-electron chi connectivity index (χ1n) is 9.26. The SMILES string of the molecule is CCNS(=O)(=O)c1ccc(CN=C(N)Nc2cccc3c2CCCC3)cc1.I. The van der Waals surface area contributed by atoms with Gasteiger partial charge in [0.05, 0.1) is 11.4 Å². The molecule has 6 nitrogen and oxygen atoms in total. The Morgan fingerprint density at radius 3 is 2.54 bits per heavy atom. The van der Waals surface area contributed by atoms with Crippen molar-refractivity contribution in [3.63, 3.8) is 0 Å². The number of nitrogens with one attached hydrogen (secondary N) is 2. The smallest absolute Gasteiger partial charge is 0.240 e. The third kappa shape index (κ3) is 5.68. The first-order chi connectivity index (χ1) is 13.0. The number of nitrogens with zero attached hydrogens (tertiary/aromatic N) is 1. The van der Waals surface area contributed by atoms with Gasteiger partial charge in [0.25, 0.3) is 0 Å². The Labute approximate surface area is 184 Å². The van der Waals surface area contributed by atoms with E-state index in [1.807, 2.05) is 12.1 Å². The minimum absolute atomic E-state index is 0. The second kappa shape index (κ2) is 10.2. The molecule has 2 aromatic rings. The number of anilines is 1. The minimum atomic E-state index is -3.43. The normalized spacial score (nSPS) is 14.1. The lowest BCUT2D eigenvalue weighted by Crippen LogP contribution is -2.24. The van der Waals surface area contributed by atoms with Crippen LogP contribution in [0.2, 0.25) is 0 Å². The van der Waals surface area contributed by atoms with Gasteiger partial charge in [0, 0.05) is 12.2 Å². The lowest BCUT2D eigenvalue weighted by atomic mass is 9.90. The van der Waals surface area contributed by atoms with E-state index in [9.17, 15) is 8.42 Å². The molecule has 0 atom stereocenters. The lowest BCUT2D eigenvalue weighted by molar-refractivity contribution is 0.584. The van der Waals surface area contributed by atoms with E-state index < -0.39 is 10.0 Å². The number of guanidine groups is 1. The van der Waals surface area contributed by atoms with Crippen LogP contribution in [0.3, 0.4) is 0 Å². The third-order valence-corrected chi connectivity index (χ3v) is 6.22. The number of halogens is 1. The summed E-state index contributed by atoms with van der Waals surface area (Å²) in [5, 5.41) is 3.21. The van der Waals surface area contributed by atoms with Gasteiger partial charge < -0.3 is 11.1 Å². The second-order valence-electron chi connectivity index (χ2n) is 6.62. The van der Waals surface area contributed by atoms with Gasteiger partial charge in [-0.3, -0.25) is 0 Å². The van der Waals surface area contributed by atoms with Gasteiger partial charge in [0.1, 0.15) is 0 Å². The first kappa shape index (κ1) is 22.6. The van der Waals surface area contributed by atoms with Gasteiger partial charge in [0.15, 0.2) is 5.96 Å². The van der Waals surface area contributed by atoms with E-state index >= 15 is 0 Å². The van der Waals surface area contributed by atoms with Gasteiger partial charge in [-0.05, 0) is 60.6 Å². The molecule has 0 saturated carbocycles. The fraction of sp³-hybridized carbons (Fsp3) is 0.350. The Bertz CT molecular complexity index is 928. The van der Waals surface area contributed by atoms with Crippen molar-refractivity contribution in [3.8, 4) is 0 Å². The van der Waals surface area contributed by atoms with Gasteiger partial charge in [0.2, 0.25) is 10.0 Å². The van der Waals surface area contributed by atoms with E-state index in [1.54, 1.807) is 31.2 Å². The second-order valence-corrected chi connectivity index (χ2v) is 8.39. The number of aryl methyl sites for hydroxylation is 1. The van der Waals surface area contributed by atoms with Crippen molar-refractivity contribution < 1.29 is 8.42 Å². The van der Waals surface area contributed by atoms with Crippen molar-refractivity contribution in [2.24, 2.45) is 10.7 Å². The van der Waals surface area contributed by atoms with E-state index in [1.165, 1.54) is 24.0 Å². The Hall–Kier alpha value is -1.65. The van der Waals surface area contributed by atoms with Gasteiger partial charge in [-0.25, -0.2) is 18.1 Å². The number of sulfonamides is 1. The molecule has 0 spiro atoms. The summed E-state index contributed by atoms with van der Waals surface area (Å²) in [7, 11) is -3.43. The largest absolute Gasteiger partial charge is 0.370 e. The van der Waals surface area contributed by atoms with Gasteiger partial charge in [-0.2, -0.15) is 0 Å². The maximum absolute atomic E-state index is 12.0. The predicted molar refractivity (Wildman–Crippen MR) is 125 cm³/mol. The van der Waals surface area contributed by atoms with Crippen molar-refractivity contribution in [1.82, 2.24) is 4.72 Å². The molecule has 8 heteroatoms. The average molecular weight is 514 g/mol. The van der Waals surface area contributed by atoms with E-state index in [2.05, 4.69) is 21.1 Å². The summed E-state index contributed by atoms with van der Waals surface area (Å²) in [5.41, 5.74) is 10.7. The van der Waals surface area contributed by atoms with E-state index in [0.717, 1.165) is 24.1 Å². The van der Waals surface area contributed by atoms with Gasteiger partial charge in [-0.1, -0.05) is 31.2 Å². The molecule has 2 aromatic carbocycles. The Kier molecular flexibility index (Phi) is 8.26. The molecular formula is C20H27IN4O2S. The van der Waals surface area contributed by atoms with E-state index in [-0.39, 0.29) is 28.9 Å². The fourth-order valence-electron chi connectivity index (χ4n) is 3.30. The molecule has 0 aromatic heterocycles. The molecule has 0 bridgehead atoms. The molecule has 0 heterocycles. The molecule has 0 radical (unpaired) electrons. The number of hydrogen-bond acceptors (Lipinski definition) is 3. The molecule has 0 amide bonds. The summed E-state index contributed by atoms with van der Waals surface area (Å²) in [6.07, 6.45) is 4.61. The zero-order chi connectivity index (χ0) is 19.3. The van der Waals surface area contributed by atoms with Crippen molar-refractivity contribution in [2.45, 2.75) is 44.0 Å². The quantitative estimate of drug-likeness (QED) is 0.313.